The van der Waals surface area contributed by atoms with Gasteiger partial charge >= 0.3 is 0 Å². The molecule has 9 heteroatoms. The van der Waals surface area contributed by atoms with Gasteiger partial charge in [0.2, 0.25) is 11.9 Å². The van der Waals surface area contributed by atoms with Gasteiger partial charge in [-0.15, -0.1) is 0 Å². The van der Waals surface area contributed by atoms with Gasteiger partial charge in [-0.3, -0.25) is 0 Å². The summed E-state index contributed by atoms with van der Waals surface area (Å²) in [6.45, 7) is 0. The molecule has 0 amide bonds. The largest absolute Gasteiger partial charge is 0.357 e. The van der Waals surface area contributed by atoms with Crippen molar-refractivity contribution in [2.24, 2.45) is 0 Å². The van der Waals surface area contributed by atoms with E-state index in [2.05, 4.69) is 35.1 Å². The molecule has 0 aliphatic heterocycles. The van der Waals surface area contributed by atoms with E-state index < -0.39 is 0 Å². The van der Waals surface area contributed by atoms with Gasteiger partial charge in [0, 0.05) is 25.0 Å². The number of rotatable bonds is 5. The van der Waals surface area contributed by atoms with Crippen molar-refractivity contribution in [1.29, 1.82) is 0 Å². The van der Waals surface area contributed by atoms with Crippen LogP contribution in [0.15, 0.2) is 42.7 Å². The number of anilines is 3. The lowest BCUT2D eigenvalue weighted by Gasteiger charge is -2.08. The summed E-state index contributed by atoms with van der Waals surface area (Å²) in [5.41, 5.74) is 2.74. The standard InChI is InChI=1S/C19H17FN8/c1-21-18-22-8-7-14(26-18)16-25-15-10-23-19(24-12-4-2-3-11(20)9-12)27-17(15)28(16)13-5-6-13/h2-4,7-10,13H,5-6H2,1H3,(H,21,22,26)(H,23,24,27). The lowest BCUT2D eigenvalue weighted by atomic mass is 10.3. The van der Waals surface area contributed by atoms with E-state index >= 15 is 0 Å². The van der Waals surface area contributed by atoms with E-state index in [1.807, 2.05) is 6.07 Å². The molecule has 0 radical (unpaired) electrons. The quantitative estimate of drug-likeness (QED) is 0.550. The maximum atomic E-state index is 13.4. The molecule has 28 heavy (non-hydrogen) atoms. The smallest absolute Gasteiger partial charge is 0.229 e. The van der Waals surface area contributed by atoms with Gasteiger partial charge < -0.3 is 15.2 Å². The summed E-state index contributed by atoms with van der Waals surface area (Å²) in [6, 6.07) is 8.37. The third-order valence-electron chi connectivity index (χ3n) is 4.53. The average Bonchev–Trinajstić information content (AvgIpc) is 3.48. The summed E-state index contributed by atoms with van der Waals surface area (Å²) in [5, 5.41) is 6.00. The van der Waals surface area contributed by atoms with Crippen molar-refractivity contribution < 1.29 is 4.39 Å². The molecule has 3 heterocycles. The van der Waals surface area contributed by atoms with Gasteiger partial charge in [0.05, 0.1) is 6.20 Å². The highest BCUT2D eigenvalue weighted by atomic mass is 19.1. The molecular formula is C19H17FN8. The Kier molecular flexibility index (Phi) is 3.85. The molecule has 1 saturated carbocycles. The van der Waals surface area contributed by atoms with E-state index in [0.29, 0.717) is 29.1 Å². The number of fused-ring (bicyclic) bond motifs is 1. The zero-order chi connectivity index (χ0) is 19.1. The Morgan fingerprint density at radius 3 is 2.75 bits per heavy atom. The number of hydrogen-bond donors (Lipinski definition) is 2. The molecule has 140 valence electrons. The molecule has 0 unspecified atom stereocenters. The van der Waals surface area contributed by atoms with Crippen LogP contribution in [-0.2, 0) is 0 Å². The molecule has 1 fully saturated rings. The SMILES string of the molecule is CNc1nccc(-c2nc3cnc(Nc4cccc(F)c4)nc3n2C2CC2)n1. The Hall–Kier alpha value is -3.62. The summed E-state index contributed by atoms with van der Waals surface area (Å²) in [5.74, 6) is 1.35. The fraction of sp³-hybridized carbons (Fsp3) is 0.211. The summed E-state index contributed by atoms with van der Waals surface area (Å²) < 4.78 is 15.5. The Morgan fingerprint density at radius 2 is 1.96 bits per heavy atom. The predicted molar refractivity (Wildman–Crippen MR) is 104 cm³/mol. The monoisotopic (exact) mass is 376 g/mol. The Balaban J connectivity index is 1.60. The second-order valence-electron chi connectivity index (χ2n) is 6.59. The van der Waals surface area contributed by atoms with E-state index in [0.717, 1.165) is 30.0 Å². The van der Waals surface area contributed by atoms with Crippen molar-refractivity contribution in [3.05, 3.63) is 48.5 Å². The highest BCUT2D eigenvalue weighted by Crippen LogP contribution is 2.40. The van der Waals surface area contributed by atoms with Crippen molar-refractivity contribution in [3.63, 3.8) is 0 Å². The van der Waals surface area contributed by atoms with Crippen LogP contribution in [0.1, 0.15) is 18.9 Å². The van der Waals surface area contributed by atoms with Crippen LogP contribution >= 0.6 is 0 Å². The van der Waals surface area contributed by atoms with E-state index in [1.165, 1.54) is 12.1 Å². The molecule has 0 atom stereocenters. The topological polar surface area (TPSA) is 93.4 Å². The molecule has 3 aromatic heterocycles. The molecule has 0 saturated heterocycles. The second-order valence-corrected chi connectivity index (χ2v) is 6.59. The fourth-order valence-electron chi connectivity index (χ4n) is 3.11. The van der Waals surface area contributed by atoms with E-state index in [4.69, 9.17) is 4.98 Å². The van der Waals surface area contributed by atoms with Crippen molar-refractivity contribution in [2.45, 2.75) is 18.9 Å². The lowest BCUT2D eigenvalue weighted by molar-refractivity contribution is 0.628. The van der Waals surface area contributed by atoms with Crippen LogP contribution in [0.25, 0.3) is 22.7 Å². The van der Waals surface area contributed by atoms with Crippen LogP contribution in [0.2, 0.25) is 0 Å². The Morgan fingerprint density at radius 1 is 1.07 bits per heavy atom. The van der Waals surface area contributed by atoms with Crippen molar-refractivity contribution in [2.75, 3.05) is 17.7 Å². The molecule has 1 aliphatic rings. The number of hydrogen-bond acceptors (Lipinski definition) is 7. The number of imidazole rings is 1. The highest BCUT2D eigenvalue weighted by molar-refractivity contribution is 5.77. The highest BCUT2D eigenvalue weighted by Gasteiger charge is 2.30. The summed E-state index contributed by atoms with van der Waals surface area (Å²) in [4.78, 5) is 22.4. The summed E-state index contributed by atoms with van der Waals surface area (Å²) >= 11 is 0. The van der Waals surface area contributed by atoms with Crippen molar-refractivity contribution in [3.8, 4) is 11.5 Å². The van der Waals surface area contributed by atoms with Gasteiger partial charge in [-0.05, 0) is 37.1 Å². The first kappa shape index (κ1) is 16.5. The first-order valence-corrected chi connectivity index (χ1v) is 9.00. The second kappa shape index (κ2) is 6.52. The molecule has 4 aromatic rings. The van der Waals surface area contributed by atoms with Crippen LogP contribution in [0.3, 0.4) is 0 Å². The van der Waals surface area contributed by atoms with Gasteiger partial charge in [-0.2, -0.15) is 4.98 Å². The molecule has 2 N–H and O–H groups in total. The molecule has 1 aromatic carbocycles. The third kappa shape index (κ3) is 3.00. The molecular weight excluding hydrogens is 359 g/mol. The molecule has 1 aliphatic carbocycles. The first-order chi connectivity index (χ1) is 13.7. The van der Waals surface area contributed by atoms with Gasteiger partial charge in [0.25, 0.3) is 0 Å². The molecule has 0 spiro atoms. The van der Waals surface area contributed by atoms with Gasteiger partial charge in [0.15, 0.2) is 11.5 Å². The summed E-state index contributed by atoms with van der Waals surface area (Å²) in [7, 11) is 1.78. The van der Waals surface area contributed by atoms with Crippen molar-refractivity contribution in [1.82, 2.24) is 29.5 Å². The normalized spacial score (nSPS) is 13.6. The van der Waals surface area contributed by atoms with Crippen LogP contribution in [0.4, 0.5) is 22.0 Å². The van der Waals surface area contributed by atoms with Gasteiger partial charge in [-0.1, -0.05) is 6.07 Å². The minimum atomic E-state index is -0.319. The predicted octanol–water partition coefficient (Wildman–Crippen LogP) is 3.54. The molecule has 5 rings (SSSR count). The fourth-order valence-corrected chi connectivity index (χ4v) is 3.11. The van der Waals surface area contributed by atoms with E-state index in [9.17, 15) is 4.39 Å². The number of nitrogens with zero attached hydrogens (tertiary/aromatic N) is 6. The van der Waals surface area contributed by atoms with Gasteiger partial charge in [-0.25, -0.2) is 24.3 Å². The first-order valence-electron chi connectivity index (χ1n) is 9.00. The average molecular weight is 376 g/mol. The number of halogens is 1. The number of benzene rings is 1. The van der Waals surface area contributed by atoms with Crippen molar-refractivity contribution >= 4 is 28.7 Å². The minimum absolute atomic E-state index is 0.319. The molecule has 0 bridgehead atoms. The maximum Gasteiger partial charge on any atom is 0.229 e. The lowest BCUT2D eigenvalue weighted by Crippen LogP contribution is -2.03. The zero-order valence-corrected chi connectivity index (χ0v) is 15.1. The number of aromatic nitrogens is 6. The summed E-state index contributed by atoms with van der Waals surface area (Å²) in [6.07, 6.45) is 5.51. The minimum Gasteiger partial charge on any atom is -0.357 e. The van der Waals surface area contributed by atoms with E-state index in [-0.39, 0.29) is 5.82 Å². The van der Waals surface area contributed by atoms with Crippen LogP contribution < -0.4 is 10.6 Å². The van der Waals surface area contributed by atoms with Crippen LogP contribution in [-0.4, -0.2) is 36.5 Å². The van der Waals surface area contributed by atoms with Crippen LogP contribution in [0.5, 0.6) is 0 Å². The van der Waals surface area contributed by atoms with Crippen LogP contribution in [0, 0.1) is 5.82 Å². The number of nitrogens with one attached hydrogen (secondary N) is 2. The Bertz CT molecular complexity index is 1170. The maximum absolute atomic E-state index is 13.4. The third-order valence-corrected chi connectivity index (χ3v) is 4.53. The van der Waals surface area contributed by atoms with E-state index in [1.54, 1.807) is 31.6 Å². The zero-order valence-electron chi connectivity index (χ0n) is 15.1. The Labute approximate surface area is 159 Å². The van der Waals surface area contributed by atoms with Gasteiger partial charge in [0.1, 0.15) is 17.0 Å². The molecule has 8 nitrogen and oxygen atoms in total.